The van der Waals surface area contributed by atoms with Gasteiger partial charge in [-0.1, -0.05) is 0 Å². The highest BCUT2D eigenvalue weighted by atomic mass is 28.2. The largest absolute Gasteiger partial charge is 0.458 e. The number of halogens is 7. The minimum absolute atomic E-state index is 0.113. The van der Waals surface area contributed by atoms with Crippen LogP contribution in [0, 0.1) is 0 Å². The Labute approximate surface area is 95.0 Å². The van der Waals surface area contributed by atoms with Gasteiger partial charge in [0.2, 0.25) is 0 Å². The molecule has 0 aliphatic carbocycles. The van der Waals surface area contributed by atoms with Crippen LogP contribution in [0.4, 0.5) is 30.7 Å². The predicted octanol–water partition coefficient (Wildman–Crippen LogP) is 2.33. The summed E-state index contributed by atoms with van der Waals surface area (Å²) in [6.45, 7) is -0.966. The Bertz CT molecular complexity index is 213. The van der Waals surface area contributed by atoms with Crippen LogP contribution < -0.4 is 0 Å². The zero-order valence-electron chi connectivity index (χ0n) is 8.79. The van der Waals surface area contributed by atoms with Crippen LogP contribution in [0.25, 0.3) is 0 Å². The van der Waals surface area contributed by atoms with Gasteiger partial charge in [0.05, 0.1) is 6.61 Å². The molecule has 0 fully saturated rings. The number of hydrogen-bond acceptors (Lipinski definition) is 2. The van der Waals surface area contributed by atoms with E-state index in [-0.39, 0.29) is 6.42 Å². The quantitative estimate of drug-likeness (QED) is 0.424. The summed E-state index contributed by atoms with van der Waals surface area (Å²) in [6, 6.07) is 0.308. The third-order valence-corrected chi connectivity index (χ3v) is 2.97. The standard InChI is InChI=1S/C7H11F7O2Si/c1-15-17-4-2-3-16-5(8,6(9,10)11)7(12,13)14/h2-4,17H2,1H3. The fourth-order valence-corrected chi connectivity index (χ4v) is 1.58. The van der Waals surface area contributed by atoms with Crippen molar-refractivity contribution in [3.05, 3.63) is 0 Å². The number of ether oxygens (including phenoxy) is 1. The molecule has 0 N–H and O–H groups in total. The highest BCUT2D eigenvalue weighted by molar-refractivity contribution is 6.26. The fraction of sp³-hybridized carbons (Fsp3) is 1.00. The summed E-state index contributed by atoms with van der Waals surface area (Å²) in [4.78, 5) is 0. The lowest BCUT2D eigenvalue weighted by molar-refractivity contribution is -0.429. The van der Waals surface area contributed by atoms with E-state index in [1.54, 1.807) is 0 Å². The Morgan fingerprint density at radius 3 is 1.76 bits per heavy atom. The molecule has 0 unspecified atom stereocenters. The Hall–Kier alpha value is -0.353. The first-order valence-electron chi connectivity index (χ1n) is 4.51. The van der Waals surface area contributed by atoms with Crippen LogP contribution in [0.3, 0.4) is 0 Å². The smallest absolute Gasteiger partial charge is 0.427 e. The van der Waals surface area contributed by atoms with Crippen molar-refractivity contribution >= 4 is 9.76 Å². The molecule has 0 radical (unpaired) electrons. The maximum atomic E-state index is 12.8. The molecule has 0 rings (SSSR count). The van der Waals surface area contributed by atoms with Crippen molar-refractivity contribution in [1.82, 2.24) is 0 Å². The SMILES string of the molecule is CO[SiH2]CCCOC(F)(C(F)(F)F)C(F)(F)F. The summed E-state index contributed by atoms with van der Waals surface area (Å²) >= 11 is 0. The average Bonchev–Trinajstić information content (AvgIpc) is 2.13. The zero-order chi connectivity index (χ0) is 13.7. The van der Waals surface area contributed by atoms with Gasteiger partial charge in [-0.3, -0.25) is 0 Å². The maximum Gasteiger partial charge on any atom is 0.458 e. The molecule has 10 heteroatoms. The van der Waals surface area contributed by atoms with Crippen molar-refractivity contribution in [1.29, 1.82) is 0 Å². The molecular formula is C7H11F7O2Si. The highest BCUT2D eigenvalue weighted by Gasteiger charge is 2.74. The molecule has 0 aliphatic rings. The van der Waals surface area contributed by atoms with Gasteiger partial charge in [-0.15, -0.1) is 0 Å². The lowest BCUT2D eigenvalue weighted by atomic mass is 10.3. The number of hydrogen-bond donors (Lipinski definition) is 0. The van der Waals surface area contributed by atoms with Crippen LogP contribution in [0.2, 0.25) is 6.04 Å². The molecule has 0 aromatic rings. The van der Waals surface area contributed by atoms with Gasteiger partial charge in [-0.05, 0) is 12.5 Å². The van der Waals surface area contributed by atoms with Gasteiger partial charge in [-0.25, -0.2) is 0 Å². The molecule has 0 bridgehead atoms. The molecular weight excluding hydrogens is 277 g/mol. The minimum atomic E-state index is -6.15. The van der Waals surface area contributed by atoms with Crippen molar-refractivity contribution in [2.75, 3.05) is 13.7 Å². The van der Waals surface area contributed by atoms with Gasteiger partial charge in [0.15, 0.2) is 9.76 Å². The van der Waals surface area contributed by atoms with E-state index in [1.165, 1.54) is 7.11 Å². The Kier molecular flexibility index (Phi) is 5.88. The summed E-state index contributed by atoms with van der Waals surface area (Å²) in [7, 11) is 0.397. The molecule has 0 amide bonds. The molecule has 0 aromatic heterocycles. The lowest BCUT2D eigenvalue weighted by Crippen LogP contribution is -2.55. The third kappa shape index (κ3) is 4.43. The fourth-order valence-electron chi connectivity index (χ4n) is 0.886. The summed E-state index contributed by atoms with van der Waals surface area (Å²) in [5, 5.41) is 0. The van der Waals surface area contributed by atoms with Crippen LogP contribution in [0.1, 0.15) is 6.42 Å². The van der Waals surface area contributed by atoms with Crippen molar-refractivity contribution in [2.24, 2.45) is 0 Å². The maximum absolute atomic E-state index is 12.8. The normalized spacial score (nSPS) is 14.8. The van der Waals surface area contributed by atoms with Crippen LogP contribution in [0.15, 0.2) is 0 Å². The van der Waals surface area contributed by atoms with Crippen LogP contribution in [0.5, 0.6) is 0 Å². The van der Waals surface area contributed by atoms with E-state index in [4.69, 9.17) is 0 Å². The summed E-state index contributed by atoms with van der Waals surface area (Å²) in [6.07, 6.45) is -12.4. The monoisotopic (exact) mass is 288 g/mol. The first kappa shape index (κ1) is 16.6. The molecule has 0 atom stereocenters. The van der Waals surface area contributed by atoms with E-state index in [0.29, 0.717) is 6.04 Å². The summed E-state index contributed by atoms with van der Waals surface area (Å²) in [5.41, 5.74) is 0. The Morgan fingerprint density at radius 2 is 1.41 bits per heavy atom. The Balaban J connectivity index is 4.44. The second-order valence-electron chi connectivity index (χ2n) is 3.14. The van der Waals surface area contributed by atoms with Crippen molar-refractivity contribution < 1.29 is 39.9 Å². The van der Waals surface area contributed by atoms with E-state index in [2.05, 4.69) is 9.16 Å². The van der Waals surface area contributed by atoms with E-state index in [9.17, 15) is 30.7 Å². The van der Waals surface area contributed by atoms with Crippen molar-refractivity contribution in [2.45, 2.75) is 30.7 Å². The summed E-state index contributed by atoms with van der Waals surface area (Å²) < 4.78 is 92.5. The van der Waals surface area contributed by atoms with Crippen LogP contribution >= 0.6 is 0 Å². The van der Waals surface area contributed by atoms with Crippen molar-refractivity contribution in [3.63, 3.8) is 0 Å². The van der Waals surface area contributed by atoms with Crippen LogP contribution in [-0.2, 0) is 9.16 Å². The van der Waals surface area contributed by atoms with Gasteiger partial charge < -0.3 is 9.16 Å². The van der Waals surface area contributed by atoms with Crippen LogP contribution in [-0.4, -0.2) is 41.7 Å². The average molecular weight is 288 g/mol. The minimum Gasteiger partial charge on any atom is -0.427 e. The van der Waals surface area contributed by atoms with E-state index >= 15 is 0 Å². The first-order valence-corrected chi connectivity index (χ1v) is 6.09. The first-order chi connectivity index (χ1) is 7.56. The highest BCUT2D eigenvalue weighted by Crippen LogP contribution is 2.46. The van der Waals surface area contributed by atoms with Gasteiger partial charge in [0.25, 0.3) is 0 Å². The molecule has 2 nitrogen and oxygen atoms in total. The predicted molar refractivity (Wildman–Crippen MR) is 46.9 cm³/mol. The van der Waals surface area contributed by atoms with Gasteiger partial charge in [0, 0.05) is 7.11 Å². The molecule has 104 valence electrons. The van der Waals surface area contributed by atoms with Gasteiger partial charge in [-0.2, -0.15) is 30.7 Å². The second kappa shape index (κ2) is 6.00. The number of alkyl halides is 7. The molecule has 0 saturated carbocycles. The van der Waals surface area contributed by atoms with Gasteiger partial charge in [0.1, 0.15) is 0 Å². The molecule has 17 heavy (non-hydrogen) atoms. The second-order valence-corrected chi connectivity index (χ2v) is 4.83. The lowest BCUT2D eigenvalue weighted by Gasteiger charge is -2.29. The van der Waals surface area contributed by atoms with E-state index < -0.39 is 34.6 Å². The van der Waals surface area contributed by atoms with E-state index in [1.807, 2.05) is 0 Å². The zero-order valence-corrected chi connectivity index (χ0v) is 10.2. The molecule has 0 heterocycles. The van der Waals surface area contributed by atoms with Gasteiger partial charge >= 0.3 is 18.2 Å². The van der Waals surface area contributed by atoms with E-state index in [0.717, 1.165) is 0 Å². The molecule has 0 aliphatic heterocycles. The Morgan fingerprint density at radius 1 is 0.941 bits per heavy atom. The molecule has 0 saturated heterocycles. The van der Waals surface area contributed by atoms with Crippen molar-refractivity contribution in [3.8, 4) is 0 Å². The third-order valence-electron chi connectivity index (χ3n) is 1.77. The summed E-state index contributed by atoms with van der Waals surface area (Å²) in [5.74, 6) is -5.60. The number of rotatable bonds is 6. The molecule has 0 spiro atoms. The molecule has 0 aromatic carbocycles. The topological polar surface area (TPSA) is 18.5 Å².